The zero-order valence-corrected chi connectivity index (χ0v) is 6.99. The second-order valence-corrected chi connectivity index (χ2v) is 2.33. The van der Waals surface area contributed by atoms with E-state index in [0.29, 0.717) is 5.95 Å². The molecule has 0 radical (unpaired) electrons. The Bertz CT molecular complexity index is 252. The number of hydrogen-bond donors (Lipinski definition) is 2. The van der Waals surface area contributed by atoms with Gasteiger partial charge in [0, 0.05) is 24.5 Å². The van der Waals surface area contributed by atoms with Crippen LogP contribution in [0.5, 0.6) is 0 Å². The second-order valence-electron chi connectivity index (χ2n) is 2.33. The SMILES string of the molecule is CNCC=Cc1cnc(N)nc1. The molecule has 0 amide bonds. The molecule has 0 saturated heterocycles. The lowest BCUT2D eigenvalue weighted by Gasteiger charge is -1.92. The van der Waals surface area contributed by atoms with Crippen molar-refractivity contribution in [3.8, 4) is 0 Å². The Balaban J connectivity index is 2.58. The van der Waals surface area contributed by atoms with Gasteiger partial charge in [-0.2, -0.15) is 0 Å². The summed E-state index contributed by atoms with van der Waals surface area (Å²) in [5, 5.41) is 3.00. The average Bonchev–Trinajstić information content (AvgIpc) is 2.09. The summed E-state index contributed by atoms with van der Waals surface area (Å²) in [4.78, 5) is 7.71. The Morgan fingerprint density at radius 3 is 2.75 bits per heavy atom. The number of hydrogen-bond acceptors (Lipinski definition) is 4. The van der Waals surface area contributed by atoms with Gasteiger partial charge < -0.3 is 11.1 Å². The van der Waals surface area contributed by atoms with E-state index in [4.69, 9.17) is 5.73 Å². The van der Waals surface area contributed by atoms with Crippen LogP contribution in [0.25, 0.3) is 6.08 Å². The lowest BCUT2D eigenvalue weighted by Crippen LogP contribution is -2.03. The van der Waals surface area contributed by atoms with Crippen molar-refractivity contribution in [2.75, 3.05) is 19.3 Å². The highest BCUT2D eigenvalue weighted by atomic mass is 15.0. The van der Waals surface area contributed by atoms with Crippen LogP contribution < -0.4 is 11.1 Å². The molecular weight excluding hydrogens is 152 g/mol. The molecule has 1 heterocycles. The van der Waals surface area contributed by atoms with Crippen molar-refractivity contribution in [3.05, 3.63) is 24.0 Å². The molecule has 64 valence electrons. The summed E-state index contributed by atoms with van der Waals surface area (Å²) in [5.74, 6) is 0.306. The minimum absolute atomic E-state index is 0.306. The van der Waals surface area contributed by atoms with Crippen molar-refractivity contribution < 1.29 is 0 Å². The van der Waals surface area contributed by atoms with Gasteiger partial charge in [-0.3, -0.25) is 0 Å². The van der Waals surface area contributed by atoms with Crippen LogP contribution in [0.4, 0.5) is 5.95 Å². The smallest absolute Gasteiger partial charge is 0.219 e. The van der Waals surface area contributed by atoms with Crippen LogP contribution >= 0.6 is 0 Å². The molecule has 1 aromatic heterocycles. The molecule has 4 nitrogen and oxygen atoms in total. The highest BCUT2D eigenvalue weighted by molar-refractivity contribution is 5.47. The van der Waals surface area contributed by atoms with E-state index in [1.54, 1.807) is 12.4 Å². The molecule has 1 aromatic rings. The van der Waals surface area contributed by atoms with Gasteiger partial charge in [-0.05, 0) is 7.05 Å². The van der Waals surface area contributed by atoms with Crippen LogP contribution in [-0.2, 0) is 0 Å². The van der Waals surface area contributed by atoms with Crippen molar-refractivity contribution in [3.63, 3.8) is 0 Å². The summed E-state index contributed by atoms with van der Waals surface area (Å²) < 4.78 is 0. The third-order valence-electron chi connectivity index (χ3n) is 1.32. The molecule has 0 bridgehead atoms. The summed E-state index contributed by atoms with van der Waals surface area (Å²) in [6, 6.07) is 0. The van der Waals surface area contributed by atoms with Crippen LogP contribution in [0.2, 0.25) is 0 Å². The minimum Gasteiger partial charge on any atom is -0.368 e. The lowest BCUT2D eigenvalue weighted by atomic mass is 10.3. The predicted molar refractivity (Wildman–Crippen MR) is 49.4 cm³/mol. The van der Waals surface area contributed by atoms with Crippen molar-refractivity contribution in [1.82, 2.24) is 15.3 Å². The Labute approximate surface area is 71.5 Å². The maximum absolute atomic E-state index is 5.32. The first-order valence-electron chi connectivity index (χ1n) is 3.71. The van der Waals surface area contributed by atoms with Crippen LogP contribution in [-0.4, -0.2) is 23.6 Å². The van der Waals surface area contributed by atoms with Crippen molar-refractivity contribution in [1.29, 1.82) is 0 Å². The third kappa shape index (κ3) is 2.67. The lowest BCUT2D eigenvalue weighted by molar-refractivity contribution is 0.922. The number of nitrogens with two attached hydrogens (primary N) is 1. The summed E-state index contributed by atoms with van der Waals surface area (Å²) in [7, 11) is 1.89. The van der Waals surface area contributed by atoms with Gasteiger partial charge in [0.1, 0.15) is 0 Å². The van der Waals surface area contributed by atoms with Gasteiger partial charge in [0.2, 0.25) is 5.95 Å². The van der Waals surface area contributed by atoms with E-state index in [1.165, 1.54) is 0 Å². The van der Waals surface area contributed by atoms with Crippen LogP contribution in [0.3, 0.4) is 0 Å². The standard InChI is InChI=1S/C8H12N4/c1-10-4-2-3-7-5-11-8(9)12-6-7/h2-3,5-6,10H,4H2,1H3,(H2,9,11,12). The molecule has 0 aliphatic rings. The number of nitrogens with one attached hydrogen (secondary N) is 1. The number of anilines is 1. The highest BCUT2D eigenvalue weighted by Crippen LogP contribution is 1.98. The summed E-state index contributed by atoms with van der Waals surface area (Å²) in [6.07, 6.45) is 7.31. The van der Waals surface area contributed by atoms with Gasteiger partial charge in [-0.15, -0.1) is 0 Å². The van der Waals surface area contributed by atoms with E-state index in [0.717, 1.165) is 12.1 Å². The van der Waals surface area contributed by atoms with Crippen LogP contribution in [0.15, 0.2) is 18.5 Å². The zero-order chi connectivity index (χ0) is 8.81. The molecular formula is C8H12N4. The molecule has 12 heavy (non-hydrogen) atoms. The molecule has 3 N–H and O–H groups in total. The first-order chi connectivity index (χ1) is 5.83. The molecule has 0 atom stereocenters. The van der Waals surface area contributed by atoms with Crippen molar-refractivity contribution in [2.24, 2.45) is 0 Å². The molecule has 0 aromatic carbocycles. The number of nitrogen functional groups attached to an aromatic ring is 1. The van der Waals surface area contributed by atoms with E-state index in [9.17, 15) is 0 Å². The molecule has 0 fully saturated rings. The predicted octanol–water partition coefficient (Wildman–Crippen LogP) is 0.291. The largest absolute Gasteiger partial charge is 0.368 e. The normalized spacial score (nSPS) is 10.8. The Kier molecular flexibility index (Phi) is 3.22. The fourth-order valence-electron chi connectivity index (χ4n) is 0.747. The van der Waals surface area contributed by atoms with E-state index in [2.05, 4.69) is 15.3 Å². The Morgan fingerprint density at radius 2 is 2.17 bits per heavy atom. The summed E-state index contributed by atoms with van der Waals surface area (Å²) in [5.41, 5.74) is 6.28. The van der Waals surface area contributed by atoms with E-state index >= 15 is 0 Å². The van der Waals surface area contributed by atoms with Gasteiger partial charge >= 0.3 is 0 Å². The fourth-order valence-corrected chi connectivity index (χ4v) is 0.747. The number of nitrogens with zero attached hydrogens (tertiary/aromatic N) is 2. The van der Waals surface area contributed by atoms with Gasteiger partial charge in [-0.25, -0.2) is 9.97 Å². The molecule has 0 spiro atoms. The first-order valence-corrected chi connectivity index (χ1v) is 3.71. The Morgan fingerprint density at radius 1 is 1.50 bits per heavy atom. The van der Waals surface area contributed by atoms with Gasteiger partial charge in [0.05, 0.1) is 0 Å². The highest BCUT2D eigenvalue weighted by Gasteiger charge is 1.87. The fraction of sp³-hybridized carbons (Fsp3) is 0.250. The minimum atomic E-state index is 0.306. The molecule has 0 saturated carbocycles. The van der Waals surface area contributed by atoms with E-state index < -0.39 is 0 Å². The average molecular weight is 164 g/mol. The van der Waals surface area contributed by atoms with Crippen LogP contribution in [0, 0.1) is 0 Å². The Hall–Kier alpha value is -1.42. The van der Waals surface area contributed by atoms with Gasteiger partial charge in [0.15, 0.2) is 0 Å². The molecule has 1 rings (SSSR count). The van der Waals surface area contributed by atoms with Crippen molar-refractivity contribution >= 4 is 12.0 Å². The molecule has 4 heteroatoms. The number of rotatable bonds is 3. The van der Waals surface area contributed by atoms with Crippen LogP contribution in [0.1, 0.15) is 5.56 Å². The van der Waals surface area contributed by atoms with E-state index in [1.807, 2.05) is 19.2 Å². The topological polar surface area (TPSA) is 63.8 Å². The third-order valence-corrected chi connectivity index (χ3v) is 1.32. The summed E-state index contributed by atoms with van der Waals surface area (Å²) >= 11 is 0. The number of likely N-dealkylation sites (N-methyl/N-ethyl adjacent to an activating group) is 1. The first kappa shape index (κ1) is 8.67. The number of aromatic nitrogens is 2. The van der Waals surface area contributed by atoms with E-state index in [-0.39, 0.29) is 0 Å². The monoisotopic (exact) mass is 164 g/mol. The molecule has 0 aliphatic heterocycles. The maximum atomic E-state index is 5.32. The zero-order valence-electron chi connectivity index (χ0n) is 6.99. The van der Waals surface area contributed by atoms with Gasteiger partial charge in [0.25, 0.3) is 0 Å². The molecule has 0 aliphatic carbocycles. The van der Waals surface area contributed by atoms with Gasteiger partial charge in [-0.1, -0.05) is 12.2 Å². The molecule has 0 unspecified atom stereocenters. The summed E-state index contributed by atoms with van der Waals surface area (Å²) in [6.45, 7) is 0.838. The second kappa shape index (κ2) is 4.46. The maximum Gasteiger partial charge on any atom is 0.219 e. The van der Waals surface area contributed by atoms with Crippen molar-refractivity contribution in [2.45, 2.75) is 0 Å². The quantitative estimate of drug-likeness (QED) is 0.674.